The topological polar surface area (TPSA) is 80.9 Å². The van der Waals surface area contributed by atoms with Crippen molar-refractivity contribution in [3.8, 4) is 5.75 Å². The molecule has 0 aliphatic carbocycles. The van der Waals surface area contributed by atoms with Gasteiger partial charge >= 0.3 is 5.97 Å². The molecule has 2 aromatic heterocycles. The fourth-order valence-corrected chi connectivity index (χ4v) is 6.58. The second kappa shape index (κ2) is 9.03. The molecule has 5 aromatic rings. The molecule has 0 bridgehead atoms. The van der Waals surface area contributed by atoms with Gasteiger partial charge in [-0.05, 0) is 98.8 Å². The van der Waals surface area contributed by atoms with Crippen LogP contribution in [0.2, 0.25) is 0 Å². The van der Waals surface area contributed by atoms with Gasteiger partial charge in [0.1, 0.15) is 12.4 Å². The summed E-state index contributed by atoms with van der Waals surface area (Å²) in [6.07, 6.45) is 1.88. The summed E-state index contributed by atoms with van der Waals surface area (Å²) < 4.78 is 10.2. The molecule has 0 saturated carbocycles. The van der Waals surface area contributed by atoms with Crippen LogP contribution in [0.15, 0.2) is 65.5 Å². The number of ether oxygens (including phenoxy) is 1. The van der Waals surface area contributed by atoms with E-state index < -0.39 is 5.97 Å². The molecule has 6 nitrogen and oxygen atoms in total. The van der Waals surface area contributed by atoms with Crippen molar-refractivity contribution >= 4 is 84.6 Å². The van der Waals surface area contributed by atoms with Gasteiger partial charge in [-0.3, -0.25) is 4.79 Å². The van der Waals surface area contributed by atoms with Gasteiger partial charge in [0.05, 0.1) is 28.3 Å². The average Bonchev–Trinajstić information content (AvgIpc) is 3.29. The van der Waals surface area contributed by atoms with E-state index in [2.05, 4.69) is 50.2 Å². The molecule has 0 spiro atoms. The van der Waals surface area contributed by atoms with E-state index in [0.29, 0.717) is 16.1 Å². The number of nitrogens with zero attached hydrogens (tertiary/aromatic N) is 2. The van der Waals surface area contributed by atoms with Crippen LogP contribution in [0.4, 0.5) is 0 Å². The SMILES string of the molecule is O=C(O)c1ccc(COc2c(I)cc(/C=c3\sc4nc5ccccc5n4c3=O)cc2I)cc1. The van der Waals surface area contributed by atoms with E-state index in [9.17, 15) is 9.59 Å². The van der Waals surface area contributed by atoms with Crippen LogP contribution in [0.1, 0.15) is 21.5 Å². The first-order valence-corrected chi connectivity index (χ1v) is 12.7. The van der Waals surface area contributed by atoms with Crippen molar-refractivity contribution in [3.63, 3.8) is 0 Å². The Hall–Kier alpha value is -2.51. The van der Waals surface area contributed by atoms with Gasteiger partial charge in [-0.1, -0.05) is 35.6 Å². The number of rotatable bonds is 5. The van der Waals surface area contributed by atoms with Crippen molar-refractivity contribution in [3.05, 3.63) is 99.4 Å². The lowest BCUT2D eigenvalue weighted by atomic mass is 10.1. The number of hydrogen-bond donors (Lipinski definition) is 1. The predicted octanol–water partition coefficient (Wildman–Crippen LogP) is 4.94. The normalized spacial score (nSPS) is 12.0. The molecule has 9 heteroatoms. The van der Waals surface area contributed by atoms with Crippen LogP contribution < -0.4 is 14.8 Å². The largest absolute Gasteiger partial charge is 0.487 e. The maximum absolute atomic E-state index is 13.0. The maximum Gasteiger partial charge on any atom is 0.335 e. The molecule has 0 unspecified atom stereocenters. The van der Waals surface area contributed by atoms with E-state index in [4.69, 9.17) is 9.84 Å². The molecule has 164 valence electrons. The molecule has 0 radical (unpaired) electrons. The Bertz CT molecular complexity index is 1620. The van der Waals surface area contributed by atoms with E-state index in [1.165, 1.54) is 11.3 Å². The first-order chi connectivity index (χ1) is 15.9. The van der Waals surface area contributed by atoms with Crippen LogP contribution in [0.5, 0.6) is 5.75 Å². The van der Waals surface area contributed by atoms with Gasteiger partial charge in [0.15, 0.2) is 4.96 Å². The minimum atomic E-state index is -0.952. The molecule has 33 heavy (non-hydrogen) atoms. The van der Waals surface area contributed by atoms with Crippen LogP contribution >= 0.6 is 56.5 Å². The number of hydrogen-bond acceptors (Lipinski definition) is 5. The molecule has 1 N–H and O–H groups in total. The molecule has 2 heterocycles. The first-order valence-electron chi connectivity index (χ1n) is 9.76. The number of para-hydroxylation sites is 2. The van der Waals surface area contributed by atoms with Crippen molar-refractivity contribution in [2.75, 3.05) is 0 Å². The maximum atomic E-state index is 13.0. The average molecular weight is 680 g/mol. The lowest BCUT2D eigenvalue weighted by Gasteiger charge is -2.11. The van der Waals surface area contributed by atoms with Crippen molar-refractivity contribution in [1.29, 1.82) is 0 Å². The molecule has 3 aromatic carbocycles. The van der Waals surface area contributed by atoms with Gasteiger partial charge in [0.2, 0.25) is 0 Å². The van der Waals surface area contributed by atoms with Crippen LogP contribution in [0, 0.1) is 7.14 Å². The number of fused-ring (bicyclic) bond motifs is 3. The third-order valence-corrected chi connectivity index (χ3v) is 7.62. The van der Waals surface area contributed by atoms with Crippen molar-refractivity contribution in [2.45, 2.75) is 6.61 Å². The lowest BCUT2D eigenvalue weighted by molar-refractivity contribution is 0.0697. The van der Waals surface area contributed by atoms with Gasteiger partial charge in [-0.25, -0.2) is 14.2 Å². The number of aromatic carboxylic acids is 1. The zero-order valence-electron chi connectivity index (χ0n) is 16.8. The van der Waals surface area contributed by atoms with E-state index in [-0.39, 0.29) is 11.1 Å². The first kappa shape index (κ1) is 22.3. The van der Waals surface area contributed by atoms with Crippen molar-refractivity contribution in [2.24, 2.45) is 0 Å². The zero-order valence-corrected chi connectivity index (χ0v) is 21.9. The van der Waals surface area contributed by atoms with Gasteiger partial charge in [0.25, 0.3) is 5.56 Å². The second-order valence-corrected chi connectivity index (χ2v) is 10.6. The van der Waals surface area contributed by atoms with Gasteiger partial charge in [0, 0.05) is 0 Å². The summed E-state index contributed by atoms with van der Waals surface area (Å²) in [5, 5.41) is 9.02. The monoisotopic (exact) mass is 680 g/mol. The van der Waals surface area contributed by atoms with E-state index in [1.54, 1.807) is 28.7 Å². The summed E-state index contributed by atoms with van der Waals surface area (Å²) in [4.78, 5) is 29.3. The summed E-state index contributed by atoms with van der Waals surface area (Å²) in [7, 11) is 0. The number of imidazole rings is 1. The van der Waals surface area contributed by atoms with Crippen molar-refractivity contribution < 1.29 is 14.6 Å². The highest BCUT2D eigenvalue weighted by Gasteiger charge is 2.12. The molecule has 5 rings (SSSR count). The number of aromatic nitrogens is 2. The van der Waals surface area contributed by atoms with Crippen molar-refractivity contribution in [1.82, 2.24) is 9.38 Å². The van der Waals surface area contributed by atoms with Crippen LogP contribution in [-0.2, 0) is 6.61 Å². The molecule has 0 aliphatic rings. The minimum Gasteiger partial charge on any atom is -0.487 e. The number of thiazole rings is 1. The molecule has 0 amide bonds. The predicted molar refractivity (Wildman–Crippen MR) is 145 cm³/mol. The van der Waals surface area contributed by atoms with E-state index >= 15 is 0 Å². The zero-order chi connectivity index (χ0) is 23.1. The Morgan fingerprint density at radius 1 is 1.09 bits per heavy atom. The molecule has 0 atom stereocenters. The number of carboxylic acid groups (broad SMARTS) is 1. The highest BCUT2D eigenvalue weighted by atomic mass is 127. The summed E-state index contributed by atoms with van der Waals surface area (Å²) in [6, 6.07) is 18.2. The van der Waals surface area contributed by atoms with Gasteiger partial charge in [-0.15, -0.1) is 0 Å². The van der Waals surface area contributed by atoms with E-state index in [1.807, 2.05) is 42.5 Å². The van der Waals surface area contributed by atoms with Gasteiger partial charge in [-0.2, -0.15) is 0 Å². The van der Waals surface area contributed by atoms with Crippen LogP contribution in [-0.4, -0.2) is 20.5 Å². The number of carboxylic acids is 1. The van der Waals surface area contributed by atoms with E-state index in [0.717, 1.165) is 35.1 Å². The fraction of sp³-hybridized carbons (Fsp3) is 0.0417. The Labute approximate surface area is 218 Å². The highest BCUT2D eigenvalue weighted by molar-refractivity contribution is 14.1. The summed E-state index contributed by atoms with van der Waals surface area (Å²) >= 11 is 5.83. The van der Waals surface area contributed by atoms with Gasteiger partial charge < -0.3 is 9.84 Å². The Morgan fingerprint density at radius 3 is 2.48 bits per heavy atom. The highest BCUT2D eigenvalue weighted by Crippen LogP contribution is 2.30. The third kappa shape index (κ3) is 4.36. The molecular formula is C24H14I2N2O4S. The molecule has 0 saturated heterocycles. The number of carbonyl (C=O) groups is 1. The van der Waals surface area contributed by atoms with Crippen LogP contribution in [0.25, 0.3) is 22.1 Å². The number of halogens is 2. The standard InChI is InChI=1S/C24H14I2N2O4S/c25-16-9-14(10-17(26)21(16)32-12-13-5-7-15(8-6-13)23(30)31)11-20-22(29)28-19-4-2-1-3-18(19)27-24(28)33-20/h1-11H,12H2,(H,30,31)/b20-11-. The Balaban J connectivity index is 1.44. The molecule has 0 aliphatic heterocycles. The number of benzene rings is 3. The lowest BCUT2D eigenvalue weighted by Crippen LogP contribution is -2.22. The Morgan fingerprint density at radius 2 is 1.79 bits per heavy atom. The van der Waals surface area contributed by atoms with Crippen LogP contribution in [0.3, 0.4) is 0 Å². The second-order valence-electron chi connectivity index (χ2n) is 7.24. The quantitative estimate of drug-likeness (QED) is 0.266. The fourth-order valence-electron chi connectivity index (χ4n) is 3.46. The molecular weight excluding hydrogens is 666 g/mol. The smallest absolute Gasteiger partial charge is 0.335 e. The third-order valence-electron chi connectivity index (χ3n) is 5.05. The Kier molecular flexibility index (Phi) is 6.10. The summed E-state index contributed by atoms with van der Waals surface area (Å²) in [5.74, 6) is -0.197. The minimum absolute atomic E-state index is 0.0705. The summed E-state index contributed by atoms with van der Waals surface area (Å²) in [6.45, 7) is 0.328. The summed E-state index contributed by atoms with van der Waals surface area (Å²) in [5.41, 5.74) is 3.60. The molecule has 0 fully saturated rings.